The lowest BCUT2D eigenvalue weighted by Gasteiger charge is -2.37. The number of nitrogens with zero attached hydrogens (tertiary/aromatic N) is 4. The second-order valence-corrected chi connectivity index (χ2v) is 20.0. The Labute approximate surface area is 477 Å². The molecule has 4 aromatic heterocycles. The molecule has 12 aromatic rings. The number of hydrogen-bond donors (Lipinski definition) is 5. The van der Waals surface area contributed by atoms with Crippen LogP contribution in [0.25, 0.3) is 21.8 Å². The minimum Gasteiger partial charge on any atom is -0.481 e. The third-order valence-corrected chi connectivity index (χ3v) is 14.8. The summed E-state index contributed by atoms with van der Waals surface area (Å²) in [6.45, 7) is 1.28. The van der Waals surface area contributed by atoms with Gasteiger partial charge in [0.05, 0.1) is 36.9 Å². The summed E-state index contributed by atoms with van der Waals surface area (Å²) in [6.07, 6.45) is 15.7. The first-order valence-electron chi connectivity index (χ1n) is 27.6. The number of aliphatic carboxylic acids is 1. The average molecular weight is 1090 g/mol. The number of nitrogens with two attached hydrogens (primary N) is 1. The molecule has 412 valence electrons. The molecule has 12 heteroatoms. The zero-order valence-electron chi connectivity index (χ0n) is 45.6. The highest BCUT2D eigenvalue weighted by atomic mass is 19.0. The van der Waals surface area contributed by atoms with E-state index in [1.165, 1.54) is 33.4 Å². The summed E-state index contributed by atoms with van der Waals surface area (Å²) in [6, 6.07) is 79.5. The van der Waals surface area contributed by atoms with Gasteiger partial charge >= 0.3 is 5.97 Å². The fraction of sp³-hybridized carbons (Fsp3) is 0.143. The lowest BCUT2D eigenvalue weighted by Crippen LogP contribution is -2.36. The molecule has 0 radical (unpaired) electrons. The van der Waals surface area contributed by atoms with Crippen molar-refractivity contribution in [2.24, 2.45) is 5.73 Å². The molecule has 6 N–H and O–H groups in total. The maximum atomic E-state index is 12.6. The molecule has 0 aliphatic heterocycles. The van der Waals surface area contributed by atoms with Crippen LogP contribution < -0.4 is 11.1 Å². The van der Waals surface area contributed by atoms with Crippen LogP contribution in [0.15, 0.2) is 268 Å². The van der Waals surface area contributed by atoms with Crippen LogP contribution in [0.4, 0.5) is 4.70 Å². The Hall–Kier alpha value is -9.91. The normalized spacial score (nSPS) is 11.2. The van der Waals surface area contributed by atoms with E-state index in [-0.39, 0.29) is 17.0 Å². The molecule has 11 nitrogen and oxygen atoms in total. The number of H-pyrrole nitrogens is 2. The van der Waals surface area contributed by atoms with E-state index < -0.39 is 17.0 Å². The van der Waals surface area contributed by atoms with Gasteiger partial charge in [0, 0.05) is 53.1 Å². The number of aromatic amines is 2. The van der Waals surface area contributed by atoms with E-state index in [9.17, 15) is 9.59 Å². The number of carboxylic acid groups (broad SMARTS) is 1. The molecule has 0 fully saturated rings. The number of amides is 1. The summed E-state index contributed by atoms with van der Waals surface area (Å²) in [5, 5.41) is 13.8. The lowest BCUT2D eigenvalue weighted by molar-refractivity contribution is -0.136. The highest BCUT2D eigenvalue weighted by Crippen LogP contribution is 2.42. The number of nitrogens with one attached hydrogen (secondary N) is 3. The topological polar surface area (TPSA) is 160 Å². The lowest BCUT2D eigenvalue weighted by atomic mass is 9.77. The molecule has 12 rings (SSSR count). The largest absolute Gasteiger partial charge is 0.481 e. The highest BCUT2D eigenvalue weighted by molar-refractivity contribution is 5.89. The van der Waals surface area contributed by atoms with Gasteiger partial charge in [-0.1, -0.05) is 218 Å². The summed E-state index contributed by atoms with van der Waals surface area (Å²) in [5.41, 5.74) is 17.7. The smallest absolute Gasteiger partial charge is 0.307 e. The van der Waals surface area contributed by atoms with Crippen molar-refractivity contribution in [3.63, 3.8) is 0 Å². The number of halogens is 1. The molecule has 0 saturated heterocycles. The molecule has 0 aliphatic rings. The number of hydrogen-bond acceptors (Lipinski definition) is 5. The van der Waals surface area contributed by atoms with Crippen molar-refractivity contribution < 1.29 is 19.4 Å². The second kappa shape index (κ2) is 27.3. The average Bonchev–Trinajstić information content (AvgIpc) is 4.26. The Bertz CT molecular complexity index is 3690. The number of benzene rings is 8. The van der Waals surface area contributed by atoms with Gasteiger partial charge < -0.3 is 35.3 Å². The van der Waals surface area contributed by atoms with Gasteiger partial charge in [0.25, 0.3) is 0 Å². The number of rotatable bonds is 19. The van der Waals surface area contributed by atoms with Crippen molar-refractivity contribution in [1.29, 1.82) is 0 Å². The van der Waals surface area contributed by atoms with Crippen LogP contribution in [0.5, 0.6) is 0 Å². The summed E-state index contributed by atoms with van der Waals surface area (Å²) >= 11 is 0. The Morgan fingerprint density at radius 1 is 0.463 bits per heavy atom. The van der Waals surface area contributed by atoms with Crippen molar-refractivity contribution in [2.75, 3.05) is 13.1 Å². The molecular weight excluding hydrogens is 1020 g/mol. The second-order valence-electron chi connectivity index (χ2n) is 20.0. The zero-order valence-corrected chi connectivity index (χ0v) is 45.6. The maximum Gasteiger partial charge on any atom is 0.307 e. The van der Waals surface area contributed by atoms with Gasteiger partial charge in [0.2, 0.25) is 5.91 Å². The third kappa shape index (κ3) is 12.6. The van der Waals surface area contributed by atoms with Crippen LogP contribution in [-0.2, 0) is 46.4 Å². The molecule has 0 aliphatic carbocycles. The SMILES string of the molecule is F.NCCCc1cn(C(c2ccccc2)(c2ccccc2)c2ccccc2)cn1.O=C(Cc1c[nH]c2ccccc12)NCCCc1cn(C(c2ccccc2)(c2ccccc2)c2ccccc2)cn1.O=C(O)Cc1c[nH]c2ccccc12. The summed E-state index contributed by atoms with van der Waals surface area (Å²) in [4.78, 5) is 38.9. The number of carbonyl (C=O) groups excluding carboxylic acids is 1. The van der Waals surface area contributed by atoms with E-state index in [1.807, 2.05) is 67.4 Å². The van der Waals surface area contributed by atoms with Gasteiger partial charge in [-0.2, -0.15) is 0 Å². The fourth-order valence-electron chi connectivity index (χ4n) is 11.1. The van der Waals surface area contributed by atoms with E-state index in [0.717, 1.165) is 70.0 Å². The van der Waals surface area contributed by atoms with E-state index in [2.05, 4.69) is 219 Å². The Balaban J connectivity index is 0.000000166. The van der Waals surface area contributed by atoms with Crippen LogP contribution in [0, 0.1) is 0 Å². The van der Waals surface area contributed by atoms with E-state index >= 15 is 0 Å². The summed E-state index contributed by atoms with van der Waals surface area (Å²) < 4.78 is 4.48. The van der Waals surface area contributed by atoms with Gasteiger partial charge in [-0.3, -0.25) is 14.3 Å². The first-order chi connectivity index (χ1) is 39.9. The number of carboxylic acids is 1. The number of fused-ring (bicyclic) bond motifs is 2. The van der Waals surface area contributed by atoms with Gasteiger partial charge in [-0.25, -0.2) is 9.97 Å². The number of aromatic nitrogens is 6. The number of aryl methyl sites for hydroxylation is 2. The highest BCUT2D eigenvalue weighted by Gasteiger charge is 2.39. The van der Waals surface area contributed by atoms with E-state index in [0.29, 0.717) is 19.5 Å². The maximum absolute atomic E-state index is 12.6. The molecule has 0 unspecified atom stereocenters. The Morgan fingerprint density at radius 3 is 1.15 bits per heavy atom. The van der Waals surface area contributed by atoms with Crippen LogP contribution >= 0.6 is 0 Å². The first kappa shape index (κ1) is 56.8. The van der Waals surface area contributed by atoms with Crippen molar-refractivity contribution in [3.05, 3.63) is 324 Å². The van der Waals surface area contributed by atoms with Crippen LogP contribution in [-0.4, -0.2) is 59.1 Å². The van der Waals surface area contributed by atoms with Crippen LogP contribution in [0.3, 0.4) is 0 Å². The Morgan fingerprint density at radius 2 is 0.793 bits per heavy atom. The summed E-state index contributed by atoms with van der Waals surface area (Å²) in [5.74, 6) is -0.767. The molecule has 8 aromatic carbocycles. The zero-order chi connectivity index (χ0) is 55.7. The molecule has 1 amide bonds. The van der Waals surface area contributed by atoms with Gasteiger partial charge in [0.1, 0.15) is 11.1 Å². The van der Waals surface area contributed by atoms with Crippen molar-refractivity contribution in [1.82, 2.24) is 34.4 Å². The predicted octanol–water partition coefficient (Wildman–Crippen LogP) is 13.1. The van der Waals surface area contributed by atoms with Crippen LogP contribution in [0.2, 0.25) is 0 Å². The standard InChI is InChI=1S/C35H32N4O.C25H25N3.C10H9NO2.FH/c40-34(23-27-24-37-33-21-11-10-20-32(27)33)36-22-12-19-31-25-39(26-38-31)35(28-13-4-1-5-14-28,29-15-6-2-7-16-29)30-17-8-3-9-18-30;26-18-10-17-24-19-28(20-27-24)25(21-11-4-1-5-12-21,22-13-6-2-7-14-22)23-15-8-3-9-16-23;12-10(13)5-7-6-11-9-4-2-1-3-8(7)9;/h1-11,13-18,20-21,24-26,37H,12,19,22-23H2,(H,36,40);1-9,11-16,19-20H,10,17-18,26H2;1-4,6,11H,5H2,(H,12,13);1H. The molecule has 0 spiro atoms. The molecule has 82 heavy (non-hydrogen) atoms. The van der Waals surface area contributed by atoms with E-state index in [4.69, 9.17) is 20.8 Å². The van der Waals surface area contributed by atoms with Crippen molar-refractivity contribution in [2.45, 2.75) is 49.6 Å². The predicted molar refractivity (Wildman–Crippen MR) is 327 cm³/mol. The molecule has 0 bridgehead atoms. The number of para-hydroxylation sites is 2. The van der Waals surface area contributed by atoms with Crippen LogP contribution in [0.1, 0.15) is 68.7 Å². The fourth-order valence-corrected chi connectivity index (χ4v) is 11.1. The quantitative estimate of drug-likeness (QED) is 0.0400. The van der Waals surface area contributed by atoms with Crippen molar-refractivity contribution >= 4 is 33.7 Å². The van der Waals surface area contributed by atoms with Gasteiger partial charge in [-0.05, 0) is 88.9 Å². The van der Waals surface area contributed by atoms with E-state index in [1.54, 1.807) is 6.20 Å². The molecular formula is C70H67FN8O3. The number of carbonyl (C=O) groups is 2. The number of imidazole rings is 2. The minimum absolute atomic E-state index is 0. The van der Waals surface area contributed by atoms with Gasteiger partial charge in [-0.15, -0.1) is 0 Å². The molecule has 4 heterocycles. The molecule has 0 saturated carbocycles. The molecule has 0 atom stereocenters. The van der Waals surface area contributed by atoms with Crippen molar-refractivity contribution in [3.8, 4) is 0 Å². The third-order valence-electron chi connectivity index (χ3n) is 14.8. The monoisotopic (exact) mass is 1090 g/mol. The minimum atomic E-state index is -0.801. The Kier molecular flexibility index (Phi) is 18.9. The first-order valence-corrected chi connectivity index (χ1v) is 27.6. The van der Waals surface area contributed by atoms with Gasteiger partial charge in [0.15, 0.2) is 0 Å². The summed E-state index contributed by atoms with van der Waals surface area (Å²) in [7, 11) is 0.